The first kappa shape index (κ1) is 32.4. The number of pyridine rings is 1. The molecule has 0 aliphatic carbocycles. The Morgan fingerprint density at radius 2 is 1.31 bits per heavy atom. The number of ether oxygens (including phenoxy) is 1. The molecule has 67 heavy (non-hydrogen) atoms. The topological polar surface area (TPSA) is 35.9 Å². The van der Waals surface area contributed by atoms with Crippen LogP contribution in [0.15, 0.2) is 164 Å². The van der Waals surface area contributed by atoms with Gasteiger partial charge in [-0.15, -0.1) is 0 Å². The zero-order valence-electron chi connectivity index (χ0n) is 50.4. The van der Waals surface area contributed by atoms with Gasteiger partial charge in [-0.3, -0.25) is 13.7 Å². The van der Waals surface area contributed by atoms with Gasteiger partial charge in [-0.25, -0.2) is 4.98 Å². The van der Waals surface area contributed by atoms with Crippen LogP contribution >= 0.6 is 0 Å². The van der Waals surface area contributed by atoms with Crippen LogP contribution in [0.1, 0.15) is 105 Å². The Labute approximate surface area is 411 Å². The van der Waals surface area contributed by atoms with E-state index < -0.39 is 42.7 Å². The predicted molar refractivity (Wildman–Crippen MR) is 279 cm³/mol. The first-order valence-corrected chi connectivity index (χ1v) is 22.6. The van der Waals surface area contributed by atoms with Crippen molar-refractivity contribution in [1.29, 1.82) is 0 Å². The molecule has 0 fully saturated rings. The summed E-state index contributed by atoms with van der Waals surface area (Å²) in [5, 5.41) is 2.09. The fourth-order valence-corrected chi connectivity index (χ4v) is 9.03. The van der Waals surface area contributed by atoms with Gasteiger partial charge in [0.15, 0.2) is 0 Å². The van der Waals surface area contributed by atoms with Gasteiger partial charge >= 0.3 is 0 Å². The van der Waals surface area contributed by atoms with Gasteiger partial charge in [0, 0.05) is 31.3 Å². The molecule has 0 saturated heterocycles. The summed E-state index contributed by atoms with van der Waals surface area (Å²) in [6, 6.07) is 37.2. The van der Waals surface area contributed by atoms with E-state index in [1.165, 1.54) is 18.2 Å². The van der Waals surface area contributed by atoms with E-state index in [0.717, 1.165) is 44.3 Å². The molecule has 3 aromatic heterocycles. The number of benzene rings is 7. The third kappa shape index (κ3) is 8.01. The summed E-state index contributed by atoms with van der Waals surface area (Å²) in [5.74, 6) is 1.81. The lowest BCUT2D eigenvalue weighted by molar-refractivity contribution is -0.572. The van der Waals surface area contributed by atoms with Gasteiger partial charge in [0.05, 0.1) is 40.3 Å². The molecule has 0 spiro atoms. The Morgan fingerprint density at radius 3 is 2.04 bits per heavy atom. The van der Waals surface area contributed by atoms with Crippen LogP contribution in [0.25, 0.3) is 72.3 Å². The lowest BCUT2D eigenvalue weighted by Crippen LogP contribution is -2.35. The molecule has 0 bridgehead atoms. The van der Waals surface area contributed by atoms with E-state index in [4.69, 9.17) is 22.1 Å². The van der Waals surface area contributed by atoms with Crippen LogP contribution in [0, 0.1) is 20.0 Å². The van der Waals surface area contributed by atoms with Crippen molar-refractivity contribution >= 4 is 32.8 Å². The number of aromatic nitrogens is 4. The van der Waals surface area contributed by atoms with Gasteiger partial charge in [-0.2, -0.15) is 0 Å². The summed E-state index contributed by atoms with van der Waals surface area (Å²) in [4.78, 5) is 4.85. The molecule has 7 aromatic carbocycles. The van der Waals surface area contributed by atoms with Crippen molar-refractivity contribution in [3.05, 3.63) is 198 Å². The van der Waals surface area contributed by atoms with Gasteiger partial charge in [0.25, 0.3) is 6.33 Å². The van der Waals surface area contributed by atoms with Crippen LogP contribution in [-0.2, 0) is 16.2 Å². The summed E-state index contributed by atoms with van der Waals surface area (Å²) in [6.07, 6.45) is 5.46. The molecule has 10 aromatic rings. The number of fused-ring (bicyclic) bond motifs is 4. The number of imidazole rings is 1. The summed E-state index contributed by atoms with van der Waals surface area (Å²) >= 11 is 0. The molecule has 5 heteroatoms. The zero-order valence-corrected chi connectivity index (χ0v) is 39.4. The molecule has 0 N–H and O–H groups in total. The fourth-order valence-electron chi connectivity index (χ4n) is 9.03. The van der Waals surface area contributed by atoms with Crippen molar-refractivity contribution < 1.29 is 24.4 Å². The van der Waals surface area contributed by atoms with Crippen molar-refractivity contribution in [2.24, 2.45) is 0 Å². The van der Waals surface area contributed by atoms with Crippen LogP contribution in [-0.4, -0.2) is 14.1 Å². The number of rotatable bonds is 7. The van der Waals surface area contributed by atoms with Gasteiger partial charge in [0.1, 0.15) is 17.3 Å². The standard InChI is InChI=1S/C62H60N4O/c1-40-19-17-20-41(2)58(40)43-27-30-54-56(33-43)64(39-65(54)59-51(42-21-13-12-14-22-42)34-45(61(6,7)8)35-52(59)62(9,10)11)46-23-18-24-47(37-46)67-48-28-29-50-49-25-15-16-26-53(49)66(55(50)38-48)57-36-44(31-32-63-57)60(3,4)5/h12-38H,1-11H3/i1D3,2D3,12D,13D,14D,21D,22D. The second-order valence-corrected chi connectivity index (χ2v) is 20.4. The molecule has 0 amide bonds. The van der Waals surface area contributed by atoms with Gasteiger partial charge < -0.3 is 4.74 Å². The summed E-state index contributed by atoms with van der Waals surface area (Å²) < 4.78 is 109. The summed E-state index contributed by atoms with van der Waals surface area (Å²) in [7, 11) is 0. The lowest BCUT2D eigenvalue weighted by atomic mass is 9.77. The Kier molecular flexibility index (Phi) is 7.88. The van der Waals surface area contributed by atoms with Crippen LogP contribution in [0.2, 0.25) is 0 Å². The third-order valence-electron chi connectivity index (χ3n) is 12.6. The molecule has 0 aliphatic rings. The average Bonchev–Trinajstić information content (AvgIpc) is 4.10. The van der Waals surface area contributed by atoms with E-state index in [2.05, 4.69) is 97.5 Å². The Hall–Kier alpha value is -7.24. The van der Waals surface area contributed by atoms with E-state index in [0.29, 0.717) is 45.0 Å². The Morgan fingerprint density at radius 1 is 0.597 bits per heavy atom. The molecule has 0 atom stereocenters. The van der Waals surface area contributed by atoms with E-state index in [9.17, 15) is 2.74 Å². The van der Waals surface area contributed by atoms with E-state index in [-0.39, 0.29) is 39.8 Å². The van der Waals surface area contributed by atoms with Gasteiger partial charge in [-0.05, 0) is 135 Å². The summed E-state index contributed by atoms with van der Waals surface area (Å²) in [6.45, 7) is 13.5. The molecule has 0 radical (unpaired) electrons. The van der Waals surface area contributed by atoms with Gasteiger partial charge in [-0.1, -0.05) is 159 Å². The highest BCUT2D eigenvalue weighted by Crippen LogP contribution is 2.41. The Balaban J connectivity index is 1.24. The highest BCUT2D eigenvalue weighted by molar-refractivity contribution is 6.09. The van der Waals surface area contributed by atoms with Crippen LogP contribution < -0.4 is 9.30 Å². The largest absolute Gasteiger partial charge is 0.458 e. The summed E-state index contributed by atoms with van der Waals surface area (Å²) in [5.41, 5.74) is 6.23. The van der Waals surface area contributed by atoms with E-state index >= 15 is 0 Å². The number of hydrogen-bond acceptors (Lipinski definition) is 2. The lowest BCUT2D eigenvalue weighted by Gasteiger charge is -2.30. The highest BCUT2D eigenvalue weighted by Gasteiger charge is 2.29. The maximum atomic E-state index is 9.32. The van der Waals surface area contributed by atoms with E-state index in [1.54, 1.807) is 22.8 Å². The van der Waals surface area contributed by atoms with Crippen molar-refractivity contribution in [1.82, 2.24) is 14.1 Å². The SMILES string of the molecule is [2H]c1c([2H])c([2H])c(-c2cc(C(C)(C)C)cc(C(C)(C)C)c2-[n+]2[c-]n(-c3cccc(Oc4ccc5c6ccccc6n(-c6cc(C(C)(C)C)ccn6)c5c4)c3)c3cc(-c4c(C([2H])([2H])[2H])cccc4C([2H])([2H])[2H])ccc32)c([2H])c1[2H]. The third-order valence-corrected chi connectivity index (χ3v) is 12.6. The highest BCUT2D eigenvalue weighted by atomic mass is 16.5. The van der Waals surface area contributed by atoms with Crippen molar-refractivity contribution in [2.45, 2.75) is 92.3 Å². The van der Waals surface area contributed by atoms with Crippen LogP contribution in [0.4, 0.5) is 0 Å². The smallest absolute Gasteiger partial charge is 0.269 e. The molecule has 10 rings (SSSR count). The van der Waals surface area contributed by atoms with Crippen molar-refractivity contribution in [3.8, 4) is 50.9 Å². The second-order valence-electron chi connectivity index (χ2n) is 20.4. The number of para-hydroxylation sites is 1. The van der Waals surface area contributed by atoms with Crippen molar-refractivity contribution in [2.75, 3.05) is 0 Å². The minimum absolute atomic E-state index is 0.0176. The Bertz CT molecular complexity index is 3990. The second kappa shape index (κ2) is 16.3. The fraction of sp³-hybridized carbons (Fsp3) is 0.226. The van der Waals surface area contributed by atoms with Gasteiger partial charge in [0.2, 0.25) is 0 Å². The van der Waals surface area contributed by atoms with Crippen molar-refractivity contribution in [3.63, 3.8) is 0 Å². The maximum Gasteiger partial charge on any atom is 0.269 e. The minimum atomic E-state index is -2.68. The molecular formula is C62H60N4O. The number of nitrogens with zero attached hydrogens (tertiary/aromatic N) is 4. The first-order chi connectivity index (χ1) is 36.4. The molecule has 3 heterocycles. The van der Waals surface area contributed by atoms with Crippen LogP contribution in [0.3, 0.4) is 0 Å². The molecule has 334 valence electrons. The normalized spacial score (nSPS) is 15.1. The zero-order chi connectivity index (χ0) is 56.3. The number of hydrogen-bond donors (Lipinski definition) is 0. The predicted octanol–water partition coefficient (Wildman–Crippen LogP) is 15.8. The first-order valence-electron chi connectivity index (χ1n) is 28.1. The molecule has 5 nitrogen and oxygen atoms in total. The average molecular weight is 888 g/mol. The molecular weight excluding hydrogens is 817 g/mol. The number of aryl methyl sites for hydroxylation is 2. The van der Waals surface area contributed by atoms with Crippen LogP contribution in [0.5, 0.6) is 11.5 Å². The monoisotopic (exact) mass is 888 g/mol. The molecule has 0 unspecified atom stereocenters. The molecule has 0 saturated carbocycles. The molecule has 0 aliphatic heterocycles. The minimum Gasteiger partial charge on any atom is -0.458 e. The quantitative estimate of drug-likeness (QED) is 0.118. The maximum absolute atomic E-state index is 9.32. The van der Waals surface area contributed by atoms with E-state index in [1.807, 2.05) is 77.5 Å².